The van der Waals surface area contributed by atoms with Gasteiger partial charge in [0.2, 0.25) is 5.91 Å². The van der Waals surface area contributed by atoms with Crippen LogP contribution in [0.15, 0.2) is 12.1 Å². The predicted molar refractivity (Wildman–Crippen MR) is 80.2 cm³/mol. The van der Waals surface area contributed by atoms with Crippen molar-refractivity contribution in [1.29, 1.82) is 0 Å². The first kappa shape index (κ1) is 15.4. The molecule has 0 radical (unpaired) electrons. The first-order chi connectivity index (χ1) is 10.7. The topological polar surface area (TPSA) is 59.6 Å². The minimum Gasteiger partial charge on any atom is -0.381 e. The first-order valence-electron chi connectivity index (χ1n) is 7.74. The van der Waals surface area contributed by atoms with Gasteiger partial charge < -0.3 is 20.1 Å². The maximum absolute atomic E-state index is 14.4. The Balaban J connectivity index is 1.57. The van der Waals surface area contributed by atoms with Gasteiger partial charge in [-0.05, 0) is 43.0 Å². The maximum atomic E-state index is 14.4. The molecule has 0 atom stereocenters. The molecule has 2 N–H and O–H groups in total. The Morgan fingerprint density at radius 1 is 1.41 bits per heavy atom. The highest BCUT2D eigenvalue weighted by molar-refractivity contribution is 5.92. The molecule has 6 heteroatoms. The third-order valence-corrected chi connectivity index (χ3v) is 4.10. The molecule has 0 bridgehead atoms. The zero-order valence-corrected chi connectivity index (χ0v) is 12.5. The normalized spacial score (nSPS) is 18.8. The molecule has 5 nitrogen and oxygen atoms in total. The number of carbonyl (C=O) groups is 1. The van der Waals surface area contributed by atoms with Gasteiger partial charge in [-0.25, -0.2) is 4.39 Å². The second-order valence-corrected chi connectivity index (χ2v) is 5.66. The highest BCUT2D eigenvalue weighted by Crippen LogP contribution is 2.24. The van der Waals surface area contributed by atoms with Gasteiger partial charge >= 0.3 is 0 Å². The minimum atomic E-state index is -0.321. The molecule has 22 heavy (non-hydrogen) atoms. The van der Waals surface area contributed by atoms with Crippen LogP contribution in [0, 0.1) is 5.82 Å². The molecule has 0 aromatic heterocycles. The summed E-state index contributed by atoms with van der Waals surface area (Å²) in [4.78, 5) is 11.9. The van der Waals surface area contributed by atoms with E-state index >= 15 is 0 Å². The van der Waals surface area contributed by atoms with Crippen molar-refractivity contribution in [2.75, 3.05) is 31.7 Å². The highest BCUT2D eigenvalue weighted by atomic mass is 19.1. The number of anilines is 1. The van der Waals surface area contributed by atoms with E-state index in [0.717, 1.165) is 24.9 Å². The van der Waals surface area contributed by atoms with Crippen molar-refractivity contribution in [3.63, 3.8) is 0 Å². The Morgan fingerprint density at radius 2 is 2.23 bits per heavy atom. The second kappa shape index (κ2) is 7.17. The fourth-order valence-electron chi connectivity index (χ4n) is 2.85. The summed E-state index contributed by atoms with van der Waals surface area (Å²) >= 11 is 0. The lowest BCUT2D eigenvalue weighted by Crippen LogP contribution is -2.29. The van der Waals surface area contributed by atoms with E-state index < -0.39 is 0 Å². The van der Waals surface area contributed by atoms with Gasteiger partial charge in [0.15, 0.2) is 0 Å². The standard InChI is InChI=1S/C16H21FN2O3/c17-16-13-3-6-18-9-11(13)1-2-14(16)19-15(20)10-22-12-4-7-21-8-5-12/h1-2,12,18H,3-10H2,(H,19,20). The number of benzene rings is 1. The van der Waals surface area contributed by atoms with E-state index in [2.05, 4.69) is 10.6 Å². The lowest BCUT2D eigenvalue weighted by atomic mass is 9.99. The van der Waals surface area contributed by atoms with Crippen LogP contribution in [-0.4, -0.2) is 38.4 Å². The van der Waals surface area contributed by atoms with Crippen LogP contribution in [0.3, 0.4) is 0 Å². The third-order valence-electron chi connectivity index (χ3n) is 4.10. The van der Waals surface area contributed by atoms with E-state index in [1.807, 2.05) is 6.07 Å². The van der Waals surface area contributed by atoms with Crippen molar-refractivity contribution < 1.29 is 18.7 Å². The molecule has 3 rings (SSSR count). The number of fused-ring (bicyclic) bond motifs is 1. The minimum absolute atomic E-state index is 0.0528. The van der Waals surface area contributed by atoms with Crippen LogP contribution in [-0.2, 0) is 27.2 Å². The fourth-order valence-corrected chi connectivity index (χ4v) is 2.85. The largest absolute Gasteiger partial charge is 0.381 e. The number of amides is 1. The van der Waals surface area contributed by atoms with E-state index in [9.17, 15) is 9.18 Å². The van der Waals surface area contributed by atoms with Crippen LogP contribution in [0.25, 0.3) is 0 Å². The molecule has 1 aromatic carbocycles. The SMILES string of the molecule is O=C(COC1CCOCC1)Nc1ccc2c(c1F)CCNC2. The molecule has 1 aromatic rings. The number of carbonyl (C=O) groups excluding carboxylic acids is 1. The summed E-state index contributed by atoms with van der Waals surface area (Å²) in [5.74, 6) is -0.641. The number of hydrogen-bond acceptors (Lipinski definition) is 4. The maximum Gasteiger partial charge on any atom is 0.250 e. The van der Waals surface area contributed by atoms with Crippen molar-refractivity contribution in [1.82, 2.24) is 5.32 Å². The predicted octanol–water partition coefficient (Wildman–Crippen LogP) is 1.61. The number of nitrogens with one attached hydrogen (secondary N) is 2. The molecule has 2 aliphatic rings. The van der Waals surface area contributed by atoms with Gasteiger partial charge in [-0.2, -0.15) is 0 Å². The monoisotopic (exact) mass is 308 g/mol. The zero-order valence-electron chi connectivity index (χ0n) is 12.5. The Morgan fingerprint density at radius 3 is 3.05 bits per heavy atom. The molecular weight excluding hydrogens is 287 g/mol. The summed E-state index contributed by atoms with van der Waals surface area (Å²) in [6, 6.07) is 3.48. The Labute approximate surface area is 129 Å². The van der Waals surface area contributed by atoms with E-state index in [-0.39, 0.29) is 30.1 Å². The Bertz CT molecular complexity index is 544. The summed E-state index contributed by atoms with van der Waals surface area (Å²) in [6.45, 7) is 2.71. The third kappa shape index (κ3) is 3.63. The van der Waals surface area contributed by atoms with Crippen molar-refractivity contribution in [3.05, 3.63) is 29.1 Å². The number of halogens is 1. The van der Waals surface area contributed by atoms with Crippen molar-refractivity contribution in [2.24, 2.45) is 0 Å². The summed E-state index contributed by atoms with van der Waals surface area (Å²) in [7, 11) is 0. The average Bonchev–Trinajstić information content (AvgIpc) is 2.57. The van der Waals surface area contributed by atoms with Crippen molar-refractivity contribution in [3.8, 4) is 0 Å². The smallest absolute Gasteiger partial charge is 0.250 e. The molecule has 2 heterocycles. The number of ether oxygens (including phenoxy) is 2. The number of rotatable bonds is 4. The van der Waals surface area contributed by atoms with Gasteiger partial charge in [0.25, 0.3) is 0 Å². The van der Waals surface area contributed by atoms with E-state index in [1.54, 1.807) is 6.07 Å². The van der Waals surface area contributed by atoms with Crippen LogP contribution in [0.5, 0.6) is 0 Å². The fraction of sp³-hybridized carbons (Fsp3) is 0.562. The first-order valence-corrected chi connectivity index (χ1v) is 7.74. The Hall–Kier alpha value is -1.50. The van der Waals surface area contributed by atoms with Crippen molar-refractivity contribution in [2.45, 2.75) is 31.9 Å². The lowest BCUT2D eigenvalue weighted by Gasteiger charge is -2.22. The molecule has 0 unspecified atom stereocenters. The van der Waals surface area contributed by atoms with Crippen LogP contribution in [0.2, 0.25) is 0 Å². The summed E-state index contributed by atoms with van der Waals surface area (Å²) in [5, 5.41) is 5.81. The van der Waals surface area contributed by atoms with Gasteiger partial charge in [-0.3, -0.25) is 4.79 Å². The van der Waals surface area contributed by atoms with Crippen LogP contribution in [0.1, 0.15) is 24.0 Å². The summed E-state index contributed by atoms with van der Waals surface area (Å²) in [6.07, 6.45) is 2.30. The van der Waals surface area contributed by atoms with Crippen LogP contribution in [0.4, 0.5) is 10.1 Å². The molecule has 0 aliphatic carbocycles. The zero-order chi connectivity index (χ0) is 15.4. The Kier molecular flexibility index (Phi) is 5.02. The lowest BCUT2D eigenvalue weighted by molar-refractivity contribution is -0.124. The van der Waals surface area contributed by atoms with Gasteiger partial charge in [0.1, 0.15) is 12.4 Å². The van der Waals surface area contributed by atoms with E-state index in [1.165, 1.54) is 0 Å². The highest BCUT2D eigenvalue weighted by Gasteiger charge is 2.19. The van der Waals surface area contributed by atoms with E-state index in [0.29, 0.717) is 31.7 Å². The summed E-state index contributed by atoms with van der Waals surface area (Å²) in [5.41, 5.74) is 1.89. The molecule has 1 fully saturated rings. The second-order valence-electron chi connectivity index (χ2n) is 5.66. The molecule has 0 spiro atoms. The molecular formula is C16H21FN2O3. The van der Waals surface area contributed by atoms with E-state index in [4.69, 9.17) is 9.47 Å². The van der Waals surface area contributed by atoms with Crippen LogP contribution >= 0.6 is 0 Å². The van der Waals surface area contributed by atoms with Gasteiger partial charge in [0, 0.05) is 19.8 Å². The molecule has 2 aliphatic heterocycles. The van der Waals surface area contributed by atoms with Gasteiger partial charge in [-0.1, -0.05) is 6.07 Å². The van der Waals surface area contributed by atoms with Gasteiger partial charge in [0.05, 0.1) is 11.8 Å². The number of hydrogen-bond donors (Lipinski definition) is 2. The molecule has 0 saturated carbocycles. The summed E-state index contributed by atoms with van der Waals surface area (Å²) < 4.78 is 25.2. The molecule has 1 amide bonds. The van der Waals surface area contributed by atoms with Crippen LogP contribution < -0.4 is 10.6 Å². The van der Waals surface area contributed by atoms with Crippen molar-refractivity contribution >= 4 is 11.6 Å². The quantitative estimate of drug-likeness (QED) is 0.887. The molecule has 120 valence electrons. The molecule has 1 saturated heterocycles. The average molecular weight is 308 g/mol. The van der Waals surface area contributed by atoms with Gasteiger partial charge in [-0.15, -0.1) is 0 Å².